The Labute approximate surface area is 97.7 Å². The van der Waals surface area contributed by atoms with E-state index in [0.29, 0.717) is 19.1 Å². The Hall–Kier alpha value is -0.610. The molecule has 4 nitrogen and oxygen atoms in total. The summed E-state index contributed by atoms with van der Waals surface area (Å²) in [6.45, 7) is 1.33. The molecule has 0 spiro atoms. The van der Waals surface area contributed by atoms with Gasteiger partial charge >= 0.3 is 5.97 Å². The van der Waals surface area contributed by atoms with Crippen LogP contribution in [0.5, 0.6) is 0 Å². The van der Waals surface area contributed by atoms with E-state index in [0.717, 1.165) is 12.8 Å². The van der Waals surface area contributed by atoms with Crippen molar-refractivity contribution in [2.45, 2.75) is 38.1 Å². The number of carbonyl (C=O) groups is 1. The lowest BCUT2D eigenvalue weighted by atomic mass is 9.84. The zero-order chi connectivity index (χ0) is 11.8. The van der Waals surface area contributed by atoms with Gasteiger partial charge in [-0.2, -0.15) is 0 Å². The number of rotatable bonds is 6. The summed E-state index contributed by atoms with van der Waals surface area (Å²) in [4.78, 5) is 11.7. The molecule has 94 valence electrons. The maximum Gasteiger partial charge on any atom is 0.323 e. The second-order valence-corrected chi connectivity index (χ2v) is 4.35. The van der Waals surface area contributed by atoms with E-state index in [1.165, 1.54) is 26.4 Å². The highest BCUT2D eigenvalue weighted by molar-refractivity contribution is 5.76. The van der Waals surface area contributed by atoms with Crippen LogP contribution in [0.3, 0.4) is 0 Å². The molecule has 1 rings (SSSR count). The smallest absolute Gasteiger partial charge is 0.323 e. The molecule has 0 amide bonds. The van der Waals surface area contributed by atoms with Crippen LogP contribution in [0.1, 0.15) is 32.1 Å². The molecule has 1 atom stereocenters. The third kappa shape index (κ3) is 4.10. The van der Waals surface area contributed by atoms with Gasteiger partial charge in [0.1, 0.15) is 6.04 Å². The van der Waals surface area contributed by atoms with Gasteiger partial charge in [-0.15, -0.1) is 0 Å². The first kappa shape index (κ1) is 13.5. The van der Waals surface area contributed by atoms with Crippen LogP contribution < -0.4 is 5.32 Å². The first-order valence-corrected chi connectivity index (χ1v) is 6.09. The Kier molecular flexibility index (Phi) is 6.42. The molecule has 1 saturated carbocycles. The van der Waals surface area contributed by atoms with Crippen molar-refractivity contribution in [1.82, 2.24) is 5.32 Å². The van der Waals surface area contributed by atoms with Crippen LogP contribution in [0.2, 0.25) is 0 Å². The van der Waals surface area contributed by atoms with Crippen molar-refractivity contribution in [3.63, 3.8) is 0 Å². The molecule has 1 unspecified atom stereocenters. The number of carbonyl (C=O) groups excluding carboxylic acids is 1. The number of methoxy groups -OCH3 is 2. The van der Waals surface area contributed by atoms with Crippen LogP contribution in [0.4, 0.5) is 0 Å². The van der Waals surface area contributed by atoms with E-state index < -0.39 is 0 Å². The lowest BCUT2D eigenvalue weighted by molar-refractivity contribution is -0.145. The number of hydrogen-bond donors (Lipinski definition) is 1. The Morgan fingerprint density at radius 2 is 2.00 bits per heavy atom. The van der Waals surface area contributed by atoms with Crippen molar-refractivity contribution in [2.75, 3.05) is 27.4 Å². The Bertz CT molecular complexity index is 202. The highest BCUT2D eigenvalue weighted by Crippen LogP contribution is 2.26. The molecule has 1 aliphatic carbocycles. The van der Waals surface area contributed by atoms with Gasteiger partial charge in [0.05, 0.1) is 13.7 Å². The zero-order valence-electron chi connectivity index (χ0n) is 10.3. The lowest BCUT2D eigenvalue weighted by Crippen LogP contribution is -2.45. The average molecular weight is 229 g/mol. The van der Waals surface area contributed by atoms with E-state index in [1.807, 2.05) is 0 Å². The maximum atomic E-state index is 11.7. The van der Waals surface area contributed by atoms with Crippen molar-refractivity contribution >= 4 is 5.97 Å². The first-order valence-electron chi connectivity index (χ1n) is 6.09. The normalized spacial score (nSPS) is 19.4. The average Bonchev–Trinajstić information content (AvgIpc) is 2.35. The number of esters is 1. The molecule has 0 heterocycles. The highest BCUT2D eigenvalue weighted by Gasteiger charge is 2.29. The largest absolute Gasteiger partial charge is 0.468 e. The van der Waals surface area contributed by atoms with Gasteiger partial charge < -0.3 is 14.8 Å². The van der Waals surface area contributed by atoms with Gasteiger partial charge in [-0.05, 0) is 18.8 Å². The number of ether oxygens (including phenoxy) is 2. The third-order valence-corrected chi connectivity index (χ3v) is 3.25. The van der Waals surface area contributed by atoms with Gasteiger partial charge in [-0.3, -0.25) is 4.79 Å². The summed E-state index contributed by atoms with van der Waals surface area (Å²) >= 11 is 0. The molecular weight excluding hydrogens is 206 g/mol. The van der Waals surface area contributed by atoms with Crippen molar-refractivity contribution in [3.8, 4) is 0 Å². The molecular formula is C12H23NO3. The fourth-order valence-corrected chi connectivity index (χ4v) is 2.35. The molecule has 1 N–H and O–H groups in total. The number of hydrogen-bond acceptors (Lipinski definition) is 4. The fourth-order valence-electron chi connectivity index (χ4n) is 2.35. The predicted molar refractivity (Wildman–Crippen MR) is 62.3 cm³/mol. The summed E-state index contributed by atoms with van der Waals surface area (Å²) in [5.41, 5.74) is 0. The number of nitrogens with one attached hydrogen (secondary N) is 1. The van der Waals surface area contributed by atoms with Crippen molar-refractivity contribution in [1.29, 1.82) is 0 Å². The molecule has 16 heavy (non-hydrogen) atoms. The molecule has 0 radical (unpaired) electrons. The summed E-state index contributed by atoms with van der Waals surface area (Å²) in [6, 6.07) is -0.152. The molecule has 0 aromatic heterocycles. The fraction of sp³-hybridized carbons (Fsp3) is 0.917. The summed E-state index contributed by atoms with van der Waals surface area (Å²) in [6.07, 6.45) is 6.00. The molecule has 4 heteroatoms. The van der Waals surface area contributed by atoms with Crippen LogP contribution in [0, 0.1) is 5.92 Å². The van der Waals surface area contributed by atoms with Crippen LogP contribution in [0.25, 0.3) is 0 Å². The first-order chi connectivity index (χ1) is 7.79. The van der Waals surface area contributed by atoms with Crippen molar-refractivity contribution in [2.24, 2.45) is 5.92 Å². The summed E-state index contributed by atoms with van der Waals surface area (Å²) in [5, 5.41) is 3.24. The van der Waals surface area contributed by atoms with Crippen LogP contribution in [-0.2, 0) is 14.3 Å². The minimum Gasteiger partial charge on any atom is -0.468 e. The van der Waals surface area contributed by atoms with Crippen LogP contribution in [-0.4, -0.2) is 39.4 Å². The highest BCUT2D eigenvalue weighted by atomic mass is 16.5. The van der Waals surface area contributed by atoms with E-state index in [4.69, 9.17) is 9.47 Å². The van der Waals surface area contributed by atoms with Gasteiger partial charge in [0, 0.05) is 13.7 Å². The summed E-state index contributed by atoms with van der Waals surface area (Å²) in [5.74, 6) is 0.293. The maximum absolute atomic E-state index is 11.7. The van der Waals surface area contributed by atoms with E-state index >= 15 is 0 Å². The van der Waals surface area contributed by atoms with Gasteiger partial charge in [-0.25, -0.2) is 0 Å². The minimum atomic E-state index is -0.152. The van der Waals surface area contributed by atoms with Gasteiger partial charge in [-0.1, -0.05) is 19.3 Å². The van der Waals surface area contributed by atoms with Gasteiger partial charge in [0.15, 0.2) is 0 Å². The Morgan fingerprint density at radius 1 is 1.31 bits per heavy atom. The predicted octanol–water partition coefficient (Wildman–Crippen LogP) is 1.34. The molecule has 0 saturated heterocycles. The molecule has 1 aliphatic rings. The SMILES string of the molecule is COCCNC(C(=O)OC)C1CCCCC1. The van der Waals surface area contributed by atoms with Crippen LogP contribution >= 0.6 is 0 Å². The molecule has 0 bridgehead atoms. The standard InChI is InChI=1S/C12H23NO3/c1-15-9-8-13-11(12(14)16-2)10-6-4-3-5-7-10/h10-11,13H,3-9H2,1-2H3. The zero-order valence-corrected chi connectivity index (χ0v) is 10.3. The third-order valence-electron chi connectivity index (χ3n) is 3.25. The Balaban J connectivity index is 2.44. The molecule has 0 aromatic carbocycles. The van der Waals surface area contributed by atoms with E-state index in [-0.39, 0.29) is 12.0 Å². The lowest BCUT2D eigenvalue weighted by Gasteiger charge is -2.29. The molecule has 0 aliphatic heterocycles. The van der Waals surface area contributed by atoms with Gasteiger partial charge in [0.25, 0.3) is 0 Å². The van der Waals surface area contributed by atoms with Crippen molar-refractivity contribution < 1.29 is 14.3 Å². The quantitative estimate of drug-likeness (QED) is 0.551. The topological polar surface area (TPSA) is 47.6 Å². The van der Waals surface area contributed by atoms with Gasteiger partial charge in [0.2, 0.25) is 0 Å². The summed E-state index contributed by atoms with van der Waals surface area (Å²) in [7, 11) is 3.12. The van der Waals surface area contributed by atoms with E-state index in [2.05, 4.69) is 5.32 Å². The molecule has 0 aromatic rings. The minimum absolute atomic E-state index is 0.136. The van der Waals surface area contributed by atoms with E-state index in [1.54, 1.807) is 7.11 Å². The van der Waals surface area contributed by atoms with E-state index in [9.17, 15) is 4.79 Å². The second-order valence-electron chi connectivity index (χ2n) is 4.35. The van der Waals surface area contributed by atoms with Crippen molar-refractivity contribution in [3.05, 3.63) is 0 Å². The van der Waals surface area contributed by atoms with Crippen LogP contribution in [0.15, 0.2) is 0 Å². The molecule has 1 fully saturated rings. The summed E-state index contributed by atoms with van der Waals surface area (Å²) < 4.78 is 9.83. The monoisotopic (exact) mass is 229 g/mol. The Morgan fingerprint density at radius 3 is 2.56 bits per heavy atom. The second kappa shape index (κ2) is 7.63.